The molecule has 0 atom stereocenters. The Hall–Kier alpha value is -1.46. The number of nitrogens with one attached hydrogen (secondary N) is 1. The van der Waals surface area contributed by atoms with Crippen LogP contribution in [-0.4, -0.2) is 9.97 Å². The first-order chi connectivity index (χ1) is 7.72. The molecule has 0 spiro atoms. The van der Waals surface area contributed by atoms with Crippen molar-refractivity contribution in [2.75, 3.05) is 5.43 Å². The summed E-state index contributed by atoms with van der Waals surface area (Å²) in [6, 6.07) is 5.77. The van der Waals surface area contributed by atoms with Gasteiger partial charge in [-0.15, -0.1) is 13.2 Å². The van der Waals surface area contributed by atoms with Gasteiger partial charge in [0.2, 0.25) is 0 Å². The minimum atomic E-state index is 0.601. The van der Waals surface area contributed by atoms with Crippen LogP contribution in [0.4, 0.5) is 5.82 Å². The first kappa shape index (κ1) is 12.6. The number of rotatable bonds is 1. The zero-order valence-electron chi connectivity index (χ0n) is 9.00. The van der Waals surface area contributed by atoms with Crippen molar-refractivity contribution >= 4 is 32.8 Å². The van der Waals surface area contributed by atoms with Gasteiger partial charge in [0.1, 0.15) is 5.52 Å². The minimum absolute atomic E-state index is 0.601. The number of aryl methyl sites for hydroxylation is 1. The molecule has 2 aromatic rings. The predicted molar refractivity (Wildman–Crippen MR) is 71.0 cm³/mol. The maximum atomic E-state index is 5.32. The third kappa shape index (κ3) is 2.37. The second-order valence-corrected chi connectivity index (χ2v) is 3.76. The molecular weight excluding hydrogens is 268 g/mol. The molecule has 5 heteroatoms. The molecule has 84 valence electrons. The number of hydrogen-bond donors (Lipinski definition) is 2. The molecule has 0 bridgehead atoms. The molecule has 0 radical (unpaired) electrons. The summed E-state index contributed by atoms with van der Waals surface area (Å²) in [5.74, 6) is 5.93. The summed E-state index contributed by atoms with van der Waals surface area (Å²) >= 11 is 3.41. The normalized spacial score (nSPS) is 9.44. The highest BCUT2D eigenvalue weighted by Gasteiger charge is 2.05. The van der Waals surface area contributed by atoms with Gasteiger partial charge in [-0.2, -0.15) is 0 Å². The van der Waals surface area contributed by atoms with Crippen LogP contribution in [0.5, 0.6) is 0 Å². The second kappa shape index (κ2) is 5.58. The number of nitrogens with zero attached hydrogens (tertiary/aromatic N) is 2. The SMILES string of the molecule is C=C.Cc1nc2cccc(Br)c2nc1NN. The van der Waals surface area contributed by atoms with Gasteiger partial charge in [-0.1, -0.05) is 6.07 Å². The molecule has 0 saturated heterocycles. The van der Waals surface area contributed by atoms with Crippen LogP contribution >= 0.6 is 15.9 Å². The second-order valence-electron chi connectivity index (χ2n) is 2.91. The molecule has 0 unspecified atom stereocenters. The van der Waals surface area contributed by atoms with Gasteiger partial charge < -0.3 is 5.43 Å². The number of hydrazine groups is 1. The van der Waals surface area contributed by atoms with Crippen molar-refractivity contribution in [3.63, 3.8) is 0 Å². The van der Waals surface area contributed by atoms with E-state index in [-0.39, 0.29) is 0 Å². The van der Waals surface area contributed by atoms with E-state index in [0.29, 0.717) is 5.82 Å². The molecule has 1 aromatic heterocycles. The molecule has 4 nitrogen and oxygen atoms in total. The molecule has 0 fully saturated rings. The maximum Gasteiger partial charge on any atom is 0.162 e. The van der Waals surface area contributed by atoms with E-state index in [9.17, 15) is 0 Å². The fourth-order valence-electron chi connectivity index (χ4n) is 1.27. The van der Waals surface area contributed by atoms with Gasteiger partial charge in [0.25, 0.3) is 0 Å². The highest BCUT2D eigenvalue weighted by Crippen LogP contribution is 2.22. The van der Waals surface area contributed by atoms with Crippen LogP contribution in [0.2, 0.25) is 0 Å². The molecule has 0 aliphatic rings. The number of para-hydroxylation sites is 1. The van der Waals surface area contributed by atoms with Gasteiger partial charge in [0.15, 0.2) is 5.82 Å². The van der Waals surface area contributed by atoms with Crippen LogP contribution in [-0.2, 0) is 0 Å². The fourth-order valence-corrected chi connectivity index (χ4v) is 1.71. The molecule has 16 heavy (non-hydrogen) atoms. The number of nitrogens with two attached hydrogens (primary N) is 1. The van der Waals surface area contributed by atoms with Crippen LogP contribution in [0.3, 0.4) is 0 Å². The van der Waals surface area contributed by atoms with E-state index in [4.69, 9.17) is 5.84 Å². The number of nitrogen functional groups attached to an aromatic ring is 1. The Bertz CT molecular complexity index is 499. The lowest BCUT2D eigenvalue weighted by molar-refractivity contribution is 1.14. The lowest BCUT2D eigenvalue weighted by atomic mass is 10.3. The molecule has 1 aromatic carbocycles. The Labute approximate surface area is 103 Å². The number of anilines is 1. The van der Waals surface area contributed by atoms with E-state index < -0.39 is 0 Å². The van der Waals surface area contributed by atoms with Crippen molar-refractivity contribution in [3.8, 4) is 0 Å². The van der Waals surface area contributed by atoms with Crippen molar-refractivity contribution in [3.05, 3.63) is 41.5 Å². The summed E-state index contributed by atoms with van der Waals surface area (Å²) in [5.41, 5.74) is 4.98. The van der Waals surface area contributed by atoms with E-state index >= 15 is 0 Å². The Morgan fingerprint density at radius 2 is 2.00 bits per heavy atom. The van der Waals surface area contributed by atoms with Gasteiger partial charge >= 0.3 is 0 Å². The number of fused-ring (bicyclic) bond motifs is 1. The largest absolute Gasteiger partial charge is 0.307 e. The van der Waals surface area contributed by atoms with E-state index in [1.54, 1.807) is 0 Å². The van der Waals surface area contributed by atoms with Crippen LogP contribution in [0, 0.1) is 6.92 Å². The first-order valence-electron chi connectivity index (χ1n) is 4.62. The lowest BCUT2D eigenvalue weighted by Gasteiger charge is -2.05. The summed E-state index contributed by atoms with van der Waals surface area (Å²) in [7, 11) is 0. The summed E-state index contributed by atoms with van der Waals surface area (Å²) < 4.78 is 0.916. The zero-order valence-corrected chi connectivity index (χ0v) is 10.6. The van der Waals surface area contributed by atoms with Crippen molar-refractivity contribution < 1.29 is 0 Å². The third-order valence-corrected chi connectivity index (χ3v) is 2.60. The van der Waals surface area contributed by atoms with Crippen molar-refractivity contribution in [1.29, 1.82) is 0 Å². The van der Waals surface area contributed by atoms with Gasteiger partial charge in [0, 0.05) is 4.47 Å². The number of halogens is 1. The smallest absolute Gasteiger partial charge is 0.162 e. The van der Waals surface area contributed by atoms with Crippen molar-refractivity contribution in [2.45, 2.75) is 6.92 Å². The summed E-state index contributed by atoms with van der Waals surface area (Å²) in [5, 5.41) is 0. The summed E-state index contributed by atoms with van der Waals surface area (Å²) in [6.07, 6.45) is 0. The quantitative estimate of drug-likeness (QED) is 0.479. The van der Waals surface area contributed by atoms with E-state index in [1.807, 2.05) is 25.1 Å². The van der Waals surface area contributed by atoms with Crippen LogP contribution in [0.25, 0.3) is 11.0 Å². The topological polar surface area (TPSA) is 63.8 Å². The summed E-state index contributed by atoms with van der Waals surface area (Å²) in [6.45, 7) is 7.86. The Balaban J connectivity index is 0.000000606. The van der Waals surface area contributed by atoms with E-state index in [1.165, 1.54) is 0 Å². The molecule has 1 heterocycles. The monoisotopic (exact) mass is 280 g/mol. The number of benzene rings is 1. The highest BCUT2D eigenvalue weighted by molar-refractivity contribution is 9.10. The van der Waals surface area contributed by atoms with Gasteiger partial charge in [-0.25, -0.2) is 15.8 Å². The molecule has 0 aliphatic carbocycles. The van der Waals surface area contributed by atoms with Crippen LogP contribution in [0.1, 0.15) is 5.69 Å². The molecule has 0 saturated carbocycles. The fraction of sp³-hybridized carbons (Fsp3) is 0.0909. The molecular formula is C11H13BrN4. The Morgan fingerprint density at radius 1 is 1.31 bits per heavy atom. The maximum absolute atomic E-state index is 5.32. The summed E-state index contributed by atoms with van der Waals surface area (Å²) in [4.78, 5) is 8.72. The van der Waals surface area contributed by atoms with Gasteiger partial charge in [-0.3, -0.25) is 0 Å². The zero-order chi connectivity index (χ0) is 12.1. The highest BCUT2D eigenvalue weighted by atomic mass is 79.9. The third-order valence-electron chi connectivity index (χ3n) is 1.96. The molecule has 0 amide bonds. The number of aromatic nitrogens is 2. The Morgan fingerprint density at radius 3 is 2.62 bits per heavy atom. The van der Waals surface area contributed by atoms with Gasteiger partial charge in [0.05, 0.1) is 11.2 Å². The Kier molecular flexibility index (Phi) is 4.39. The standard InChI is InChI=1S/C9H9BrN4.C2H4/c1-5-9(14-11)13-8-6(10)3-2-4-7(8)12-5;1-2/h2-4H,11H2,1H3,(H,13,14);1-2H2. The molecule has 0 aliphatic heterocycles. The van der Waals surface area contributed by atoms with Gasteiger partial charge in [-0.05, 0) is 35.0 Å². The van der Waals surface area contributed by atoms with E-state index in [0.717, 1.165) is 21.2 Å². The van der Waals surface area contributed by atoms with Crippen LogP contribution in [0.15, 0.2) is 35.8 Å². The van der Waals surface area contributed by atoms with Crippen LogP contribution < -0.4 is 11.3 Å². The average molecular weight is 281 g/mol. The predicted octanol–water partition coefficient (Wildman–Crippen LogP) is 2.79. The number of hydrogen-bond acceptors (Lipinski definition) is 4. The van der Waals surface area contributed by atoms with E-state index in [2.05, 4.69) is 44.5 Å². The lowest BCUT2D eigenvalue weighted by Crippen LogP contribution is -2.11. The minimum Gasteiger partial charge on any atom is -0.307 e. The molecule has 2 rings (SSSR count). The average Bonchev–Trinajstić information content (AvgIpc) is 2.31. The van der Waals surface area contributed by atoms with Crippen molar-refractivity contribution in [2.24, 2.45) is 5.84 Å². The molecule has 3 N–H and O–H groups in total. The first-order valence-corrected chi connectivity index (χ1v) is 5.41. The van der Waals surface area contributed by atoms with Crippen molar-refractivity contribution in [1.82, 2.24) is 9.97 Å².